The number of rotatable bonds is 8. The largest absolute Gasteiger partial charge is 0.358 e. The van der Waals surface area contributed by atoms with E-state index in [1.807, 2.05) is 6.92 Å². The monoisotopic (exact) mass is 293 g/mol. The van der Waals surface area contributed by atoms with Gasteiger partial charge in [0.25, 0.3) is 5.69 Å². The average Bonchev–Trinajstić information content (AvgIpc) is 2.47. The van der Waals surface area contributed by atoms with Gasteiger partial charge in [-0.1, -0.05) is 31.9 Å². The fourth-order valence-corrected chi connectivity index (χ4v) is 1.59. The average molecular weight is 293 g/mol. The number of benzene rings is 1. The molecule has 9 nitrogen and oxygen atoms in total. The van der Waals surface area contributed by atoms with E-state index in [2.05, 4.69) is 10.1 Å². The van der Waals surface area contributed by atoms with Crippen LogP contribution >= 0.6 is 0 Å². The molecule has 0 bridgehead atoms. The van der Waals surface area contributed by atoms with Crippen LogP contribution in [0.3, 0.4) is 0 Å². The number of carbonyl (C=O) groups is 1. The van der Waals surface area contributed by atoms with Crippen LogP contribution in [0.5, 0.6) is 0 Å². The molecule has 0 radical (unpaired) electrons. The van der Waals surface area contributed by atoms with Crippen molar-refractivity contribution in [2.24, 2.45) is 5.22 Å². The van der Waals surface area contributed by atoms with Crippen LogP contribution < -0.4 is 5.17 Å². The lowest BCUT2D eigenvalue weighted by atomic mass is 10.2. The fourth-order valence-electron chi connectivity index (χ4n) is 1.59. The summed E-state index contributed by atoms with van der Waals surface area (Å²) in [5, 5.41) is 14.6. The third kappa shape index (κ3) is 5.00. The molecule has 112 valence electrons. The molecule has 1 aromatic carbocycles. The van der Waals surface area contributed by atoms with E-state index in [4.69, 9.17) is 10.4 Å². The Balaban J connectivity index is 2.90. The zero-order chi connectivity index (χ0) is 15.7. The maximum Gasteiger partial charge on any atom is 0.358 e. The normalized spacial score (nSPS) is 9.57. The number of anilines is 1. The first-order valence-electron chi connectivity index (χ1n) is 6.39. The summed E-state index contributed by atoms with van der Waals surface area (Å²) < 4.78 is 0. The lowest BCUT2D eigenvalue weighted by Gasteiger charge is -2.10. The topological polar surface area (TPSA) is 121 Å². The number of nitro benzene ring substituents is 1. The Hall–Kier alpha value is -2.80. The number of nitrogens with zero attached hydrogens (tertiary/aromatic N) is 5. The maximum atomic E-state index is 11.6. The van der Waals surface area contributed by atoms with Crippen LogP contribution in [0.1, 0.15) is 32.6 Å². The molecule has 0 saturated carbocycles. The first-order chi connectivity index (χ1) is 10.1. The highest BCUT2D eigenvalue weighted by Gasteiger charge is 2.26. The number of nitro groups is 1. The lowest BCUT2D eigenvalue weighted by molar-refractivity contribution is -0.384. The van der Waals surface area contributed by atoms with Crippen molar-refractivity contribution < 1.29 is 14.6 Å². The van der Waals surface area contributed by atoms with Gasteiger partial charge in [-0.2, -0.15) is 4.91 Å². The Morgan fingerprint density at radius 3 is 2.81 bits per heavy atom. The molecular formula is C12H15N5O4. The summed E-state index contributed by atoms with van der Waals surface area (Å²) in [5.74, 6) is -0.617. The molecule has 0 saturated heterocycles. The molecule has 0 aliphatic heterocycles. The standard InChI is InChI=1S/C12H15N5O4/c1-2-3-4-9-12(18)21-16(15-14-13)10-7-5-6-8-11(10)17(19)20/h5-8H,2-4,9H2,1H3. The summed E-state index contributed by atoms with van der Waals surface area (Å²) in [6.07, 6.45) is 2.59. The third-order valence-electron chi connectivity index (χ3n) is 2.58. The number of carbonyl (C=O) groups excluding carboxylic acids is 1. The molecule has 0 heterocycles. The van der Waals surface area contributed by atoms with E-state index in [-0.39, 0.29) is 17.8 Å². The van der Waals surface area contributed by atoms with Gasteiger partial charge in [-0.05, 0) is 17.7 Å². The van der Waals surface area contributed by atoms with Crippen LogP contribution in [0.2, 0.25) is 0 Å². The summed E-state index contributed by atoms with van der Waals surface area (Å²) in [6.45, 7) is 1.99. The van der Waals surface area contributed by atoms with Crippen molar-refractivity contribution in [1.29, 1.82) is 0 Å². The van der Waals surface area contributed by atoms with Gasteiger partial charge in [0.05, 0.1) is 11.3 Å². The number of azide groups is 1. The molecule has 0 amide bonds. The molecule has 0 fully saturated rings. The molecule has 0 N–H and O–H groups in total. The molecule has 0 atom stereocenters. The van der Waals surface area contributed by atoms with Crippen molar-refractivity contribution in [2.75, 3.05) is 5.17 Å². The quantitative estimate of drug-likeness (QED) is 0.181. The summed E-state index contributed by atoms with van der Waals surface area (Å²) in [4.78, 5) is 29.3. The zero-order valence-corrected chi connectivity index (χ0v) is 11.5. The van der Waals surface area contributed by atoms with Gasteiger partial charge in [-0.25, -0.2) is 4.79 Å². The molecule has 0 spiro atoms. The van der Waals surface area contributed by atoms with E-state index < -0.39 is 10.9 Å². The smallest absolute Gasteiger partial charge is 0.258 e. The second-order valence-corrected chi connectivity index (χ2v) is 4.12. The predicted molar refractivity (Wildman–Crippen MR) is 75.0 cm³/mol. The molecule has 0 aliphatic carbocycles. The summed E-state index contributed by atoms with van der Waals surface area (Å²) in [6, 6.07) is 5.51. The number of hydrogen-bond donors (Lipinski definition) is 0. The van der Waals surface area contributed by atoms with Crippen LogP contribution in [0, 0.1) is 10.1 Å². The van der Waals surface area contributed by atoms with Gasteiger partial charge in [0.1, 0.15) is 0 Å². The first kappa shape index (κ1) is 16.3. The third-order valence-corrected chi connectivity index (χ3v) is 2.58. The first-order valence-corrected chi connectivity index (χ1v) is 6.39. The van der Waals surface area contributed by atoms with Crippen molar-refractivity contribution >= 4 is 17.3 Å². The second kappa shape index (κ2) is 8.39. The number of hydrogen-bond acceptors (Lipinski definition) is 5. The molecule has 0 unspecified atom stereocenters. The van der Waals surface area contributed by atoms with Crippen LogP contribution in [-0.2, 0) is 9.63 Å². The fraction of sp³-hybridized carbons (Fsp3) is 0.417. The van der Waals surface area contributed by atoms with E-state index in [0.717, 1.165) is 12.8 Å². The van der Waals surface area contributed by atoms with Crippen molar-refractivity contribution in [3.05, 3.63) is 44.8 Å². The van der Waals surface area contributed by atoms with E-state index in [1.165, 1.54) is 24.3 Å². The molecule has 21 heavy (non-hydrogen) atoms. The predicted octanol–water partition coefficient (Wildman–Crippen LogP) is 3.67. The van der Waals surface area contributed by atoms with Gasteiger partial charge >= 0.3 is 11.7 Å². The number of unbranched alkanes of at least 4 members (excludes halogenated alkanes) is 2. The van der Waals surface area contributed by atoms with Crippen LogP contribution in [0.25, 0.3) is 10.4 Å². The highest BCUT2D eigenvalue weighted by Crippen LogP contribution is 2.28. The maximum absolute atomic E-state index is 11.6. The van der Waals surface area contributed by atoms with E-state index >= 15 is 0 Å². The minimum absolute atomic E-state index is 0.107. The minimum Gasteiger partial charge on any atom is -0.258 e. The van der Waals surface area contributed by atoms with Crippen LogP contribution in [0.15, 0.2) is 29.5 Å². The molecule has 1 rings (SSSR count). The zero-order valence-electron chi connectivity index (χ0n) is 11.5. The summed E-state index contributed by atoms with van der Waals surface area (Å²) in [5.41, 5.74) is 8.08. The second-order valence-electron chi connectivity index (χ2n) is 4.12. The van der Waals surface area contributed by atoms with Gasteiger partial charge in [0.2, 0.25) is 0 Å². The Bertz CT molecular complexity index is 556. The van der Waals surface area contributed by atoms with Crippen molar-refractivity contribution in [3.63, 3.8) is 0 Å². The minimum atomic E-state index is -0.653. The van der Waals surface area contributed by atoms with Crippen LogP contribution in [-0.4, -0.2) is 10.9 Å². The van der Waals surface area contributed by atoms with Crippen LogP contribution in [0.4, 0.5) is 11.4 Å². The molecule has 1 aromatic rings. The Morgan fingerprint density at radius 2 is 2.19 bits per heavy atom. The van der Waals surface area contributed by atoms with E-state index in [0.29, 0.717) is 11.6 Å². The molecule has 0 aromatic heterocycles. The SMILES string of the molecule is CCCCCC(=O)ON(N=[N+]=[N-])c1ccccc1[N+](=O)[O-]. The Labute approximate surface area is 120 Å². The molecule has 0 aliphatic rings. The van der Waals surface area contributed by atoms with Gasteiger partial charge in [-0.3, -0.25) is 15.0 Å². The lowest BCUT2D eigenvalue weighted by Crippen LogP contribution is -2.22. The van der Waals surface area contributed by atoms with Gasteiger partial charge in [-0.15, -0.1) is 5.53 Å². The number of para-hydroxylation sites is 2. The summed E-state index contributed by atoms with van der Waals surface area (Å²) >= 11 is 0. The van der Waals surface area contributed by atoms with Crippen molar-refractivity contribution in [2.45, 2.75) is 32.6 Å². The van der Waals surface area contributed by atoms with Gasteiger partial charge < -0.3 is 0 Å². The Morgan fingerprint density at radius 1 is 1.48 bits per heavy atom. The van der Waals surface area contributed by atoms with E-state index in [9.17, 15) is 14.9 Å². The van der Waals surface area contributed by atoms with Crippen molar-refractivity contribution in [3.8, 4) is 0 Å². The highest BCUT2D eigenvalue weighted by molar-refractivity contribution is 5.72. The van der Waals surface area contributed by atoms with Gasteiger partial charge in [0.15, 0.2) is 0 Å². The van der Waals surface area contributed by atoms with Gasteiger partial charge in [0, 0.05) is 11.3 Å². The highest BCUT2D eigenvalue weighted by atomic mass is 16.7. The van der Waals surface area contributed by atoms with Crippen molar-refractivity contribution in [1.82, 2.24) is 0 Å². The van der Waals surface area contributed by atoms with E-state index in [1.54, 1.807) is 0 Å². The molecular weight excluding hydrogens is 278 g/mol. The Kier molecular flexibility index (Phi) is 6.49. The molecule has 9 heteroatoms. The summed E-state index contributed by atoms with van der Waals surface area (Å²) in [7, 11) is 0.